The van der Waals surface area contributed by atoms with Crippen LogP contribution >= 0.6 is 23.4 Å². The zero-order chi connectivity index (χ0) is 19.7. The number of aliphatic imine (C=N–C) groups is 1. The molecule has 0 bridgehead atoms. The van der Waals surface area contributed by atoms with Gasteiger partial charge in [0.05, 0.1) is 23.5 Å². The first-order valence-electron chi connectivity index (χ1n) is 7.79. The van der Waals surface area contributed by atoms with Gasteiger partial charge in [0.2, 0.25) is 0 Å². The first-order valence-corrected chi connectivity index (χ1v) is 10.6. The predicted octanol–water partition coefficient (Wildman–Crippen LogP) is 4.65. The minimum Gasteiger partial charge on any atom is -0.260 e. The molecule has 27 heavy (non-hydrogen) atoms. The van der Waals surface area contributed by atoms with Gasteiger partial charge in [-0.25, -0.2) is 12.7 Å². The lowest BCUT2D eigenvalue weighted by atomic mass is 10.1. The molecule has 0 atom stereocenters. The second kappa shape index (κ2) is 7.73. The molecule has 4 nitrogen and oxygen atoms in total. The Morgan fingerprint density at radius 1 is 1.07 bits per heavy atom. The number of sulfonamides is 1. The van der Waals surface area contributed by atoms with Gasteiger partial charge in [0.15, 0.2) is 5.17 Å². The maximum atomic E-state index is 12.8. The van der Waals surface area contributed by atoms with Gasteiger partial charge in [-0.3, -0.25) is 4.99 Å². The monoisotopic (exact) mass is 434 g/mol. The smallest absolute Gasteiger partial charge is 0.260 e. The summed E-state index contributed by atoms with van der Waals surface area (Å²) in [6.45, 7) is 0.558. The zero-order valence-corrected chi connectivity index (χ0v) is 16.2. The summed E-state index contributed by atoms with van der Waals surface area (Å²) in [6, 6.07) is 10.6. The predicted molar refractivity (Wildman–Crippen MR) is 100 cm³/mol. The number of benzene rings is 2. The van der Waals surface area contributed by atoms with Crippen molar-refractivity contribution in [3.05, 3.63) is 64.7 Å². The molecule has 0 radical (unpaired) electrons. The second-order valence-electron chi connectivity index (χ2n) is 5.68. The molecule has 0 aliphatic carbocycles. The highest BCUT2D eigenvalue weighted by Gasteiger charge is 2.31. The van der Waals surface area contributed by atoms with Crippen LogP contribution in [-0.2, 0) is 22.0 Å². The van der Waals surface area contributed by atoms with Crippen molar-refractivity contribution in [3.63, 3.8) is 0 Å². The zero-order valence-electron chi connectivity index (χ0n) is 13.8. The third-order valence-electron chi connectivity index (χ3n) is 3.81. The van der Waals surface area contributed by atoms with E-state index in [0.29, 0.717) is 28.1 Å². The third kappa shape index (κ3) is 4.59. The topological polar surface area (TPSA) is 49.7 Å². The van der Waals surface area contributed by atoms with Gasteiger partial charge >= 0.3 is 6.18 Å². The van der Waals surface area contributed by atoms with Crippen molar-refractivity contribution in [2.24, 2.45) is 4.99 Å². The molecule has 0 saturated carbocycles. The number of hydrogen-bond donors (Lipinski definition) is 0. The second-order valence-corrected chi connectivity index (χ2v) is 8.92. The first-order chi connectivity index (χ1) is 12.7. The summed E-state index contributed by atoms with van der Waals surface area (Å²) in [5, 5.41) is 0.755. The van der Waals surface area contributed by atoms with Crippen LogP contribution in [0.2, 0.25) is 5.02 Å². The molecular weight excluding hydrogens is 421 g/mol. The van der Waals surface area contributed by atoms with Gasteiger partial charge in [0.25, 0.3) is 10.0 Å². The number of nitrogens with zero attached hydrogens (tertiary/aromatic N) is 2. The Morgan fingerprint density at radius 2 is 1.70 bits per heavy atom. The van der Waals surface area contributed by atoms with Crippen molar-refractivity contribution in [1.82, 2.24) is 4.31 Å². The fourth-order valence-electron chi connectivity index (χ4n) is 2.42. The van der Waals surface area contributed by atoms with E-state index in [1.807, 2.05) is 0 Å². The Bertz CT molecular complexity index is 944. The fourth-order valence-corrected chi connectivity index (χ4v) is 5.23. The lowest BCUT2D eigenvalue weighted by molar-refractivity contribution is -0.137. The fraction of sp³-hybridized carbons (Fsp3) is 0.235. The molecule has 0 spiro atoms. The van der Waals surface area contributed by atoms with Crippen LogP contribution in [0, 0.1) is 0 Å². The van der Waals surface area contributed by atoms with Gasteiger partial charge in [-0.05, 0) is 42.0 Å². The van der Waals surface area contributed by atoms with Crippen LogP contribution < -0.4 is 0 Å². The lowest BCUT2D eigenvalue weighted by Gasteiger charge is -2.20. The third-order valence-corrected chi connectivity index (χ3v) is 7.07. The Morgan fingerprint density at radius 3 is 2.30 bits per heavy atom. The number of rotatable bonds is 4. The quantitative estimate of drug-likeness (QED) is 0.703. The van der Waals surface area contributed by atoms with E-state index >= 15 is 0 Å². The largest absolute Gasteiger partial charge is 0.416 e. The maximum absolute atomic E-state index is 12.8. The van der Waals surface area contributed by atoms with Gasteiger partial charge in [0, 0.05) is 10.8 Å². The first kappa shape index (κ1) is 20.0. The Hall–Kier alpha value is -1.71. The van der Waals surface area contributed by atoms with Gasteiger partial charge < -0.3 is 0 Å². The SMILES string of the molecule is O=S(=O)(c1ccc(Cl)cc1)N1CCN=C1SCc1ccc(C(F)(F)F)cc1. The van der Waals surface area contributed by atoms with Crippen LogP contribution in [0.25, 0.3) is 0 Å². The summed E-state index contributed by atoms with van der Waals surface area (Å²) in [6.07, 6.45) is -4.38. The summed E-state index contributed by atoms with van der Waals surface area (Å²) >= 11 is 6.97. The van der Waals surface area contributed by atoms with Crippen LogP contribution in [0.15, 0.2) is 58.4 Å². The number of alkyl halides is 3. The molecule has 1 aliphatic rings. The van der Waals surface area contributed by atoms with Crippen molar-refractivity contribution in [2.45, 2.75) is 16.8 Å². The highest BCUT2D eigenvalue weighted by molar-refractivity contribution is 8.14. The van der Waals surface area contributed by atoms with Crippen molar-refractivity contribution in [3.8, 4) is 0 Å². The van der Waals surface area contributed by atoms with Crippen LogP contribution in [-0.4, -0.2) is 31.0 Å². The molecule has 0 amide bonds. The van der Waals surface area contributed by atoms with E-state index in [9.17, 15) is 21.6 Å². The molecule has 1 heterocycles. The molecule has 144 valence electrons. The Kier molecular flexibility index (Phi) is 5.73. The molecule has 1 aliphatic heterocycles. The number of amidine groups is 1. The highest BCUT2D eigenvalue weighted by atomic mass is 35.5. The van der Waals surface area contributed by atoms with Crippen LogP contribution in [0.3, 0.4) is 0 Å². The number of thioether (sulfide) groups is 1. The Labute approximate surface area is 164 Å². The molecular formula is C17H14ClF3N2O2S2. The van der Waals surface area contributed by atoms with E-state index in [1.165, 1.54) is 52.5 Å². The summed E-state index contributed by atoms with van der Waals surface area (Å²) in [7, 11) is -3.76. The van der Waals surface area contributed by atoms with Crippen molar-refractivity contribution in [2.75, 3.05) is 13.1 Å². The lowest BCUT2D eigenvalue weighted by Crippen LogP contribution is -2.32. The molecule has 0 saturated heterocycles. The van der Waals surface area contributed by atoms with E-state index in [1.54, 1.807) is 0 Å². The van der Waals surface area contributed by atoms with E-state index < -0.39 is 21.8 Å². The van der Waals surface area contributed by atoms with E-state index in [2.05, 4.69) is 4.99 Å². The molecule has 2 aromatic rings. The van der Waals surface area contributed by atoms with Crippen LogP contribution in [0.5, 0.6) is 0 Å². The molecule has 2 aromatic carbocycles. The standard InChI is InChI=1S/C17H14ClF3N2O2S2/c18-14-5-7-15(8-6-14)27(24,25)23-10-9-22-16(23)26-11-12-1-3-13(4-2-12)17(19,20)21/h1-8H,9-11H2. The molecule has 3 rings (SSSR count). The van der Waals surface area contributed by atoms with Crippen LogP contribution in [0.4, 0.5) is 13.2 Å². The highest BCUT2D eigenvalue weighted by Crippen LogP contribution is 2.30. The van der Waals surface area contributed by atoms with E-state index in [0.717, 1.165) is 12.1 Å². The summed E-state index contributed by atoms with van der Waals surface area (Å²) in [5.74, 6) is 0.309. The van der Waals surface area contributed by atoms with Gasteiger partial charge in [-0.2, -0.15) is 13.2 Å². The van der Waals surface area contributed by atoms with Gasteiger partial charge in [-0.1, -0.05) is 35.5 Å². The average molecular weight is 435 g/mol. The van der Waals surface area contributed by atoms with Gasteiger partial charge in [-0.15, -0.1) is 0 Å². The van der Waals surface area contributed by atoms with Crippen molar-refractivity contribution < 1.29 is 21.6 Å². The van der Waals surface area contributed by atoms with Crippen molar-refractivity contribution >= 4 is 38.6 Å². The number of halogens is 4. The van der Waals surface area contributed by atoms with E-state index in [-0.39, 0.29) is 11.4 Å². The molecule has 0 N–H and O–H groups in total. The van der Waals surface area contributed by atoms with E-state index in [4.69, 9.17) is 11.6 Å². The number of hydrogen-bond acceptors (Lipinski definition) is 4. The van der Waals surface area contributed by atoms with Crippen molar-refractivity contribution in [1.29, 1.82) is 0 Å². The average Bonchev–Trinajstić information content (AvgIpc) is 3.09. The van der Waals surface area contributed by atoms with Crippen LogP contribution in [0.1, 0.15) is 11.1 Å². The molecule has 10 heteroatoms. The summed E-state index contributed by atoms with van der Waals surface area (Å²) in [5.41, 5.74) is -0.0761. The molecule has 0 aromatic heterocycles. The summed E-state index contributed by atoms with van der Waals surface area (Å²) in [4.78, 5) is 4.33. The molecule has 0 unspecified atom stereocenters. The molecule has 0 fully saturated rings. The normalized spacial score (nSPS) is 15.1. The minimum atomic E-state index is -4.38. The maximum Gasteiger partial charge on any atom is 0.416 e. The minimum absolute atomic E-state index is 0.108. The Balaban J connectivity index is 1.71. The van der Waals surface area contributed by atoms with Gasteiger partial charge in [0.1, 0.15) is 0 Å². The summed E-state index contributed by atoms with van der Waals surface area (Å²) < 4.78 is 64.6.